The molecule has 0 spiro atoms. The zero-order chi connectivity index (χ0) is 12.1. The van der Waals surface area contributed by atoms with Crippen LogP contribution < -0.4 is 4.90 Å². The highest BCUT2D eigenvalue weighted by atomic mass is 35.5. The van der Waals surface area contributed by atoms with Crippen LogP contribution in [0.5, 0.6) is 0 Å². The topological polar surface area (TPSA) is 29.0 Å². The molecule has 17 heavy (non-hydrogen) atoms. The maximum atomic E-state index is 5.70. The van der Waals surface area contributed by atoms with E-state index in [0.29, 0.717) is 5.88 Å². The molecule has 4 heteroatoms. The van der Waals surface area contributed by atoms with E-state index in [4.69, 9.17) is 11.6 Å². The molecule has 2 heterocycles. The predicted molar refractivity (Wildman–Crippen MR) is 71.4 cm³/mol. The number of hydrogen-bond donors (Lipinski definition) is 0. The Morgan fingerprint density at radius 1 is 1.29 bits per heavy atom. The van der Waals surface area contributed by atoms with Gasteiger partial charge in [0.15, 0.2) is 0 Å². The first kappa shape index (κ1) is 12.6. The Hall–Kier alpha value is -0.830. The summed E-state index contributed by atoms with van der Waals surface area (Å²) < 4.78 is 0. The average molecular weight is 254 g/mol. The van der Waals surface area contributed by atoms with E-state index < -0.39 is 0 Å². The third-order valence-corrected chi connectivity index (χ3v) is 3.74. The molecule has 1 aromatic heterocycles. The lowest BCUT2D eigenvalue weighted by atomic mass is 9.92. The molecule has 0 aromatic carbocycles. The minimum atomic E-state index is 0.436. The maximum Gasteiger partial charge on any atom is 0.147 e. The van der Waals surface area contributed by atoms with Crippen molar-refractivity contribution >= 4 is 17.4 Å². The number of rotatable bonds is 4. The van der Waals surface area contributed by atoms with Crippen LogP contribution in [0.3, 0.4) is 0 Å². The van der Waals surface area contributed by atoms with Crippen LogP contribution >= 0.6 is 11.6 Å². The fourth-order valence-corrected chi connectivity index (χ4v) is 2.58. The first-order valence-electron chi connectivity index (χ1n) is 6.45. The van der Waals surface area contributed by atoms with Gasteiger partial charge in [-0.25, -0.2) is 4.98 Å². The van der Waals surface area contributed by atoms with Crippen molar-refractivity contribution < 1.29 is 0 Å². The van der Waals surface area contributed by atoms with E-state index in [1.807, 2.05) is 6.20 Å². The second kappa shape index (κ2) is 6.20. The van der Waals surface area contributed by atoms with Gasteiger partial charge in [0.05, 0.1) is 24.0 Å². The first-order valence-corrected chi connectivity index (χ1v) is 6.98. The third kappa shape index (κ3) is 3.32. The maximum absolute atomic E-state index is 5.70. The number of hydrogen-bond acceptors (Lipinski definition) is 3. The van der Waals surface area contributed by atoms with Gasteiger partial charge in [-0.1, -0.05) is 19.8 Å². The van der Waals surface area contributed by atoms with E-state index in [0.717, 1.165) is 30.5 Å². The summed E-state index contributed by atoms with van der Waals surface area (Å²) in [5, 5.41) is 0. The SMILES string of the molecule is CCCC1CCN(c2cnc(CCl)cn2)CC1. The smallest absolute Gasteiger partial charge is 0.147 e. The lowest BCUT2D eigenvalue weighted by molar-refractivity contribution is 0.377. The Balaban J connectivity index is 1.91. The van der Waals surface area contributed by atoms with Crippen LogP contribution in [0.25, 0.3) is 0 Å². The van der Waals surface area contributed by atoms with Crippen molar-refractivity contribution in [3.63, 3.8) is 0 Å². The molecule has 3 nitrogen and oxygen atoms in total. The van der Waals surface area contributed by atoms with Crippen molar-refractivity contribution in [1.29, 1.82) is 0 Å². The minimum absolute atomic E-state index is 0.436. The predicted octanol–water partition coefficient (Wildman–Crippen LogP) is 3.23. The molecule has 0 atom stereocenters. The van der Waals surface area contributed by atoms with Gasteiger partial charge in [-0.05, 0) is 18.8 Å². The van der Waals surface area contributed by atoms with Crippen molar-refractivity contribution in [1.82, 2.24) is 9.97 Å². The quantitative estimate of drug-likeness (QED) is 0.772. The van der Waals surface area contributed by atoms with Gasteiger partial charge in [0.2, 0.25) is 0 Å². The molecule has 0 saturated carbocycles. The molecular formula is C13H20ClN3. The minimum Gasteiger partial charge on any atom is -0.355 e. The number of anilines is 1. The fourth-order valence-electron chi connectivity index (χ4n) is 2.44. The van der Waals surface area contributed by atoms with E-state index in [-0.39, 0.29) is 0 Å². The molecule has 0 amide bonds. The number of piperidine rings is 1. The lowest BCUT2D eigenvalue weighted by Crippen LogP contribution is -2.34. The molecule has 1 saturated heterocycles. The van der Waals surface area contributed by atoms with Crippen molar-refractivity contribution in [2.75, 3.05) is 18.0 Å². The normalized spacial score (nSPS) is 17.4. The Kier molecular flexibility index (Phi) is 4.60. The number of nitrogens with zero attached hydrogens (tertiary/aromatic N) is 3. The summed E-state index contributed by atoms with van der Waals surface area (Å²) >= 11 is 5.70. The molecular weight excluding hydrogens is 234 g/mol. The summed E-state index contributed by atoms with van der Waals surface area (Å²) in [6, 6.07) is 0. The van der Waals surface area contributed by atoms with Gasteiger partial charge in [-0.2, -0.15) is 0 Å². The Morgan fingerprint density at radius 3 is 2.59 bits per heavy atom. The van der Waals surface area contributed by atoms with Crippen molar-refractivity contribution in [2.45, 2.75) is 38.5 Å². The van der Waals surface area contributed by atoms with Crippen LogP contribution in [0.1, 0.15) is 38.3 Å². The van der Waals surface area contributed by atoms with Crippen LogP contribution in [-0.4, -0.2) is 23.1 Å². The van der Waals surface area contributed by atoms with Gasteiger partial charge < -0.3 is 4.90 Å². The lowest BCUT2D eigenvalue weighted by Gasteiger charge is -2.32. The van der Waals surface area contributed by atoms with Gasteiger partial charge in [0.25, 0.3) is 0 Å². The molecule has 0 unspecified atom stereocenters. The third-order valence-electron chi connectivity index (χ3n) is 3.46. The molecule has 0 aliphatic carbocycles. The van der Waals surface area contributed by atoms with Crippen LogP contribution in [0.15, 0.2) is 12.4 Å². The average Bonchev–Trinajstić information content (AvgIpc) is 2.40. The molecule has 1 aliphatic rings. The Bertz CT molecular complexity index is 331. The highest BCUT2D eigenvalue weighted by Gasteiger charge is 2.19. The van der Waals surface area contributed by atoms with E-state index >= 15 is 0 Å². The standard InChI is InChI=1S/C13H20ClN3/c1-2-3-11-4-6-17(7-5-11)13-10-15-12(8-14)9-16-13/h9-11H,2-8H2,1H3. The van der Waals surface area contributed by atoms with E-state index in [1.54, 1.807) is 6.20 Å². The zero-order valence-electron chi connectivity index (χ0n) is 10.4. The van der Waals surface area contributed by atoms with E-state index in [2.05, 4.69) is 21.8 Å². The molecule has 94 valence electrons. The zero-order valence-corrected chi connectivity index (χ0v) is 11.2. The second-order valence-electron chi connectivity index (χ2n) is 4.72. The van der Waals surface area contributed by atoms with Gasteiger partial charge in [0.1, 0.15) is 5.82 Å². The fraction of sp³-hybridized carbons (Fsp3) is 0.692. The first-order chi connectivity index (χ1) is 8.33. The Morgan fingerprint density at radius 2 is 2.06 bits per heavy atom. The van der Waals surface area contributed by atoms with Crippen LogP contribution in [-0.2, 0) is 5.88 Å². The van der Waals surface area contributed by atoms with Crippen molar-refractivity contribution in [3.05, 3.63) is 18.1 Å². The van der Waals surface area contributed by atoms with Crippen LogP contribution in [0.4, 0.5) is 5.82 Å². The van der Waals surface area contributed by atoms with Gasteiger partial charge in [-0.3, -0.25) is 4.98 Å². The Labute approximate surface area is 108 Å². The van der Waals surface area contributed by atoms with Gasteiger partial charge >= 0.3 is 0 Å². The van der Waals surface area contributed by atoms with Crippen molar-refractivity contribution in [2.24, 2.45) is 5.92 Å². The van der Waals surface area contributed by atoms with Crippen molar-refractivity contribution in [3.8, 4) is 0 Å². The van der Waals surface area contributed by atoms with E-state index in [1.165, 1.54) is 25.7 Å². The summed E-state index contributed by atoms with van der Waals surface area (Å²) in [6.45, 7) is 4.49. The summed E-state index contributed by atoms with van der Waals surface area (Å²) in [5.74, 6) is 2.34. The van der Waals surface area contributed by atoms with Crippen LogP contribution in [0, 0.1) is 5.92 Å². The molecule has 1 fully saturated rings. The molecule has 0 bridgehead atoms. The van der Waals surface area contributed by atoms with E-state index in [9.17, 15) is 0 Å². The summed E-state index contributed by atoms with van der Waals surface area (Å²) in [4.78, 5) is 11.0. The largest absolute Gasteiger partial charge is 0.355 e. The molecule has 2 rings (SSSR count). The highest BCUT2D eigenvalue weighted by Crippen LogP contribution is 2.24. The van der Waals surface area contributed by atoms with Gasteiger partial charge in [-0.15, -0.1) is 11.6 Å². The monoisotopic (exact) mass is 253 g/mol. The summed E-state index contributed by atoms with van der Waals surface area (Å²) in [7, 11) is 0. The molecule has 1 aliphatic heterocycles. The summed E-state index contributed by atoms with van der Waals surface area (Å²) in [5.41, 5.74) is 0.844. The van der Waals surface area contributed by atoms with Gasteiger partial charge in [0, 0.05) is 13.1 Å². The number of alkyl halides is 1. The number of aromatic nitrogens is 2. The molecule has 1 aromatic rings. The summed E-state index contributed by atoms with van der Waals surface area (Å²) in [6.07, 6.45) is 8.86. The highest BCUT2D eigenvalue weighted by molar-refractivity contribution is 6.16. The number of halogens is 1. The molecule has 0 N–H and O–H groups in total. The molecule has 0 radical (unpaired) electrons. The van der Waals surface area contributed by atoms with Crippen LogP contribution in [0.2, 0.25) is 0 Å². The second-order valence-corrected chi connectivity index (χ2v) is 4.99.